The number of amides is 1. The summed E-state index contributed by atoms with van der Waals surface area (Å²) in [5.41, 5.74) is 6.96. The van der Waals surface area contributed by atoms with E-state index < -0.39 is 0 Å². The first-order valence-corrected chi connectivity index (χ1v) is 8.63. The lowest BCUT2D eigenvalue weighted by molar-refractivity contribution is -0.116. The molecule has 2 heterocycles. The van der Waals surface area contributed by atoms with Gasteiger partial charge in [0.15, 0.2) is 5.13 Å². The topological polar surface area (TPSA) is 62.5 Å². The number of carbonyl (C=O) groups excluding carboxylic acids is 1. The maximum absolute atomic E-state index is 11.6. The van der Waals surface area contributed by atoms with Crippen LogP contribution in [0.1, 0.15) is 45.7 Å². The minimum absolute atomic E-state index is 0.0459. The van der Waals surface area contributed by atoms with E-state index in [0.29, 0.717) is 25.2 Å². The van der Waals surface area contributed by atoms with Gasteiger partial charge < -0.3 is 5.73 Å². The highest BCUT2D eigenvalue weighted by atomic mass is 32.1. The minimum atomic E-state index is 0.0459. The van der Waals surface area contributed by atoms with Crippen LogP contribution in [0.5, 0.6) is 0 Å². The third-order valence-corrected chi connectivity index (χ3v) is 5.19. The number of likely N-dealkylation sites (tertiary alicyclic amines) is 1. The third-order valence-electron chi connectivity index (χ3n) is 4.28. The average molecular weight is 310 g/mol. The zero-order valence-corrected chi connectivity index (χ0v) is 14.0. The van der Waals surface area contributed by atoms with Gasteiger partial charge in [0.05, 0.1) is 5.69 Å². The molecule has 2 N–H and O–H groups in total. The Morgan fingerprint density at radius 1 is 1.57 bits per heavy atom. The van der Waals surface area contributed by atoms with Crippen molar-refractivity contribution in [3.63, 3.8) is 0 Å². The maximum atomic E-state index is 11.6. The number of hydrogen-bond acceptors (Lipinski definition) is 5. The molecule has 2 atom stereocenters. The van der Waals surface area contributed by atoms with Crippen molar-refractivity contribution in [3.8, 4) is 0 Å². The predicted molar refractivity (Wildman–Crippen MR) is 87.5 cm³/mol. The molecule has 1 aromatic heterocycles. The molecule has 0 radical (unpaired) electrons. The Kier molecular flexibility index (Phi) is 5.72. The highest BCUT2D eigenvalue weighted by molar-refractivity contribution is 7.14. The minimum Gasteiger partial charge on any atom is -0.329 e. The first-order valence-electron chi connectivity index (χ1n) is 7.75. The number of nitrogens with two attached hydrogens (primary N) is 1. The van der Waals surface area contributed by atoms with Gasteiger partial charge in [-0.25, -0.2) is 4.98 Å². The van der Waals surface area contributed by atoms with Crippen LogP contribution in [0.2, 0.25) is 0 Å². The number of nitrogens with zero attached hydrogens (tertiary/aromatic N) is 3. The van der Waals surface area contributed by atoms with E-state index >= 15 is 0 Å². The van der Waals surface area contributed by atoms with E-state index in [1.165, 1.54) is 19.3 Å². The molecule has 1 saturated heterocycles. The highest BCUT2D eigenvalue weighted by Crippen LogP contribution is 2.27. The number of hydrogen-bond donors (Lipinski definition) is 1. The largest absolute Gasteiger partial charge is 0.329 e. The van der Waals surface area contributed by atoms with Crippen LogP contribution in [0, 0.1) is 0 Å². The number of rotatable bonds is 5. The molecule has 2 rings (SSSR count). The Balaban J connectivity index is 2.09. The zero-order valence-electron chi connectivity index (χ0n) is 13.2. The van der Waals surface area contributed by atoms with Crippen molar-refractivity contribution in [2.24, 2.45) is 5.73 Å². The summed E-state index contributed by atoms with van der Waals surface area (Å²) in [4.78, 5) is 20.4. The van der Waals surface area contributed by atoms with E-state index in [2.05, 4.69) is 22.2 Å². The van der Waals surface area contributed by atoms with E-state index in [4.69, 9.17) is 5.73 Å². The molecule has 0 bridgehead atoms. The lowest BCUT2D eigenvalue weighted by Crippen LogP contribution is -2.48. The molecule has 1 amide bonds. The fourth-order valence-electron chi connectivity index (χ4n) is 3.05. The van der Waals surface area contributed by atoms with Gasteiger partial charge >= 0.3 is 0 Å². The van der Waals surface area contributed by atoms with Crippen molar-refractivity contribution in [3.05, 3.63) is 11.1 Å². The van der Waals surface area contributed by atoms with E-state index in [0.717, 1.165) is 17.4 Å². The summed E-state index contributed by atoms with van der Waals surface area (Å²) < 4.78 is 0. The quantitative estimate of drug-likeness (QED) is 0.906. The second-order valence-corrected chi connectivity index (χ2v) is 6.56. The first-order chi connectivity index (χ1) is 10.1. The Labute approximate surface area is 131 Å². The molecule has 0 saturated carbocycles. The standard InChI is InChI=1S/C15H26N4OS/c1-4-18(12(3)20)15-17-13(10-21-15)9-19-11(2)6-5-7-14(19)8-16/h10-11,14H,4-9,16H2,1-3H3. The van der Waals surface area contributed by atoms with E-state index in [9.17, 15) is 4.79 Å². The molecule has 5 nitrogen and oxygen atoms in total. The Morgan fingerprint density at radius 3 is 2.95 bits per heavy atom. The Bertz CT molecular complexity index is 476. The zero-order chi connectivity index (χ0) is 15.4. The van der Waals surface area contributed by atoms with Crippen molar-refractivity contribution in [2.75, 3.05) is 18.0 Å². The summed E-state index contributed by atoms with van der Waals surface area (Å²) in [5, 5.41) is 2.87. The molecular formula is C15H26N4OS. The summed E-state index contributed by atoms with van der Waals surface area (Å²) in [5.74, 6) is 0.0459. The third kappa shape index (κ3) is 3.81. The molecular weight excluding hydrogens is 284 g/mol. The second-order valence-electron chi connectivity index (χ2n) is 5.73. The molecule has 0 aromatic carbocycles. The van der Waals surface area contributed by atoms with Crippen molar-refractivity contribution >= 4 is 22.4 Å². The van der Waals surface area contributed by atoms with Gasteiger partial charge in [-0.05, 0) is 26.7 Å². The molecule has 0 aliphatic carbocycles. The van der Waals surface area contributed by atoms with Gasteiger partial charge in [0.1, 0.15) is 0 Å². The van der Waals surface area contributed by atoms with Gasteiger partial charge in [-0.3, -0.25) is 14.6 Å². The van der Waals surface area contributed by atoms with Crippen LogP contribution in [0.15, 0.2) is 5.38 Å². The van der Waals surface area contributed by atoms with Crippen LogP contribution in [0.25, 0.3) is 0 Å². The molecule has 1 aliphatic heterocycles. The molecule has 1 fully saturated rings. The molecule has 0 spiro atoms. The molecule has 2 unspecified atom stereocenters. The van der Waals surface area contributed by atoms with Gasteiger partial charge in [-0.2, -0.15) is 0 Å². The number of piperidine rings is 1. The molecule has 1 aromatic rings. The monoisotopic (exact) mass is 310 g/mol. The number of thiazole rings is 1. The molecule has 118 valence electrons. The van der Waals surface area contributed by atoms with E-state index in [1.807, 2.05) is 6.92 Å². The Hall–Kier alpha value is -0.980. The molecule has 1 aliphatic rings. The van der Waals surface area contributed by atoms with Crippen LogP contribution in [-0.4, -0.2) is 41.0 Å². The average Bonchev–Trinajstić information content (AvgIpc) is 2.90. The smallest absolute Gasteiger partial charge is 0.225 e. The second kappa shape index (κ2) is 7.33. The summed E-state index contributed by atoms with van der Waals surface area (Å²) in [6.07, 6.45) is 3.66. The lowest BCUT2D eigenvalue weighted by atomic mass is 9.96. The van der Waals surface area contributed by atoms with Crippen molar-refractivity contribution in [1.82, 2.24) is 9.88 Å². The number of aromatic nitrogens is 1. The van der Waals surface area contributed by atoms with Crippen LogP contribution >= 0.6 is 11.3 Å². The molecule has 6 heteroatoms. The van der Waals surface area contributed by atoms with Crippen LogP contribution < -0.4 is 10.6 Å². The van der Waals surface area contributed by atoms with Crippen molar-refractivity contribution in [1.29, 1.82) is 0 Å². The van der Waals surface area contributed by atoms with Crippen molar-refractivity contribution < 1.29 is 4.79 Å². The first kappa shape index (κ1) is 16.4. The van der Waals surface area contributed by atoms with Crippen LogP contribution in [-0.2, 0) is 11.3 Å². The number of carbonyl (C=O) groups is 1. The van der Waals surface area contributed by atoms with Crippen LogP contribution in [0.3, 0.4) is 0 Å². The SMILES string of the molecule is CCN(C(C)=O)c1nc(CN2C(C)CCCC2CN)cs1. The summed E-state index contributed by atoms with van der Waals surface area (Å²) in [7, 11) is 0. The summed E-state index contributed by atoms with van der Waals surface area (Å²) in [6.45, 7) is 8.02. The number of anilines is 1. The van der Waals surface area contributed by atoms with Gasteiger partial charge in [0, 0.05) is 44.0 Å². The predicted octanol–water partition coefficient (Wildman–Crippen LogP) is 2.22. The van der Waals surface area contributed by atoms with E-state index in [1.54, 1.807) is 23.2 Å². The fourth-order valence-corrected chi connectivity index (χ4v) is 3.97. The lowest BCUT2D eigenvalue weighted by Gasteiger charge is -2.39. The fraction of sp³-hybridized carbons (Fsp3) is 0.733. The maximum Gasteiger partial charge on any atom is 0.225 e. The normalized spacial score (nSPS) is 23.2. The highest BCUT2D eigenvalue weighted by Gasteiger charge is 2.27. The Morgan fingerprint density at radius 2 is 2.33 bits per heavy atom. The summed E-state index contributed by atoms with van der Waals surface area (Å²) >= 11 is 1.55. The van der Waals surface area contributed by atoms with Gasteiger partial charge in [-0.15, -0.1) is 11.3 Å². The van der Waals surface area contributed by atoms with Crippen molar-refractivity contribution in [2.45, 2.75) is 58.7 Å². The summed E-state index contributed by atoms with van der Waals surface area (Å²) in [6, 6.07) is 1.00. The van der Waals surface area contributed by atoms with Gasteiger partial charge in [0.25, 0.3) is 0 Å². The molecule has 21 heavy (non-hydrogen) atoms. The van der Waals surface area contributed by atoms with Gasteiger partial charge in [0.2, 0.25) is 5.91 Å². The van der Waals surface area contributed by atoms with Gasteiger partial charge in [-0.1, -0.05) is 6.42 Å². The van der Waals surface area contributed by atoms with Crippen LogP contribution in [0.4, 0.5) is 5.13 Å². The van der Waals surface area contributed by atoms with E-state index in [-0.39, 0.29) is 5.91 Å².